The Bertz CT molecular complexity index is 901. The van der Waals surface area contributed by atoms with Crippen LogP contribution in [0.1, 0.15) is 30.4 Å². The van der Waals surface area contributed by atoms with Crippen molar-refractivity contribution in [1.82, 2.24) is 9.88 Å². The lowest BCUT2D eigenvalue weighted by atomic mass is 9.97. The summed E-state index contributed by atoms with van der Waals surface area (Å²) in [6.07, 6.45) is 5.37. The molecular weight excluding hydrogens is 315 g/mol. The van der Waals surface area contributed by atoms with Gasteiger partial charge in [-0.3, -0.25) is 4.79 Å². The van der Waals surface area contributed by atoms with Crippen molar-refractivity contribution in [2.45, 2.75) is 38.3 Å². The minimum Gasteiger partial charge on any atom is -0.353 e. The second-order valence-corrected chi connectivity index (χ2v) is 6.79. The van der Waals surface area contributed by atoms with Gasteiger partial charge < -0.3 is 9.88 Å². The predicted octanol–water partition coefficient (Wildman–Crippen LogP) is 4.04. The quantitative estimate of drug-likeness (QED) is 0.766. The van der Waals surface area contributed by atoms with Gasteiger partial charge in [-0.25, -0.2) is 4.39 Å². The van der Waals surface area contributed by atoms with E-state index in [2.05, 4.69) is 28.2 Å². The van der Waals surface area contributed by atoms with Gasteiger partial charge in [-0.15, -0.1) is 0 Å². The van der Waals surface area contributed by atoms with Gasteiger partial charge in [-0.05, 0) is 48.6 Å². The molecule has 3 nitrogen and oxygen atoms in total. The fraction of sp³-hybridized carbons (Fsp3) is 0.286. The minimum atomic E-state index is -0.223. The summed E-state index contributed by atoms with van der Waals surface area (Å²) in [6.45, 7) is 0.750. The molecule has 0 spiro atoms. The van der Waals surface area contributed by atoms with E-state index in [9.17, 15) is 9.18 Å². The Morgan fingerprint density at radius 1 is 1.16 bits per heavy atom. The molecule has 4 rings (SSSR count). The van der Waals surface area contributed by atoms with Gasteiger partial charge in [0.05, 0.1) is 0 Å². The molecule has 1 unspecified atom stereocenters. The molecule has 1 saturated heterocycles. The van der Waals surface area contributed by atoms with Gasteiger partial charge in [0.1, 0.15) is 5.82 Å². The van der Waals surface area contributed by atoms with Crippen LogP contribution in [0.2, 0.25) is 0 Å². The Morgan fingerprint density at radius 3 is 2.80 bits per heavy atom. The van der Waals surface area contributed by atoms with Crippen molar-refractivity contribution >= 4 is 16.8 Å². The number of halogens is 1. The number of aromatic nitrogens is 1. The Morgan fingerprint density at radius 2 is 2.00 bits per heavy atom. The Hall–Kier alpha value is -2.62. The number of amides is 1. The summed E-state index contributed by atoms with van der Waals surface area (Å²) in [5.74, 6) is -0.102. The molecule has 2 aromatic carbocycles. The molecule has 0 saturated carbocycles. The molecule has 4 heteroatoms. The highest BCUT2D eigenvalue weighted by atomic mass is 19.1. The number of piperidine rings is 1. The van der Waals surface area contributed by atoms with Gasteiger partial charge in [0.15, 0.2) is 0 Å². The lowest BCUT2D eigenvalue weighted by Gasteiger charge is -2.22. The van der Waals surface area contributed by atoms with Crippen LogP contribution in [0.15, 0.2) is 54.7 Å². The molecule has 1 fully saturated rings. The van der Waals surface area contributed by atoms with E-state index in [1.807, 2.05) is 24.3 Å². The number of rotatable bonds is 4. The van der Waals surface area contributed by atoms with Crippen molar-refractivity contribution < 1.29 is 9.18 Å². The highest BCUT2D eigenvalue weighted by Crippen LogP contribution is 2.26. The number of hydrogen-bond acceptors (Lipinski definition) is 1. The lowest BCUT2D eigenvalue weighted by Crippen LogP contribution is -2.39. The highest BCUT2D eigenvalue weighted by Gasteiger charge is 2.20. The van der Waals surface area contributed by atoms with Crippen LogP contribution in [0.5, 0.6) is 0 Å². The van der Waals surface area contributed by atoms with Gasteiger partial charge in [-0.2, -0.15) is 0 Å². The topological polar surface area (TPSA) is 34.0 Å². The van der Waals surface area contributed by atoms with Crippen LogP contribution in [-0.2, 0) is 17.8 Å². The van der Waals surface area contributed by atoms with Crippen LogP contribution >= 0.6 is 0 Å². The Kier molecular flexibility index (Phi) is 4.26. The molecule has 3 aromatic rings. The normalized spacial score (nSPS) is 17.6. The molecule has 0 radical (unpaired) electrons. The maximum atomic E-state index is 13.8. The van der Waals surface area contributed by atoms with E-state index >= 15 is 0 Å². The van der Waals surface area contributed by atoms with Crippen molar-refractivity contribution in [3.8, 4) is 0 Å². The van der Waals surface area contributed by atoms with Gasteiger partial charge in [0, 0.05) is 36.1 Å². The predicted molar refractivity (Wildman–Crippen MR) is 96.9 cm³/mol. The zero-order valence-corrected chi connectivity index (χ0v) is 14.0. The van der Waals surface area contributed by atoms with Gasteiger partial charge in [0.25, 0.3) is 0 Å². The van der Waals surface area contributed by atoms with Crippen molar-refractivity contribution in [1.29, 1.82) is 0 Å². The molecule has 128 valence electrons. The van der Waals surface area contributed by atoms with Crippen LogP contribution in [0.25, 0.3) is 10.9 Å². The first-order chi connectivity index (χ1) is 12.2. The standard InChI is InChI=1S/C21H21FN2O/c22-17-9-10-20-19(12-17)16(11-18-7-4-8-21(25)23-18)14-24(20)13-15-5-2-1-3-6-15/h1-3,5-6,9-10,12,14,18H,4,7-8,11,13H2,(H,23,25). The number of hydrogen-bond donors (Lipinski definition) is 1. The zero-order valence-electron chi connectivity index (χ0n) is 14.0. The second-order valence-electron chi connectivity index (χ2n) is 6.79. The third kappa shape index (κ3) is 3.43. The first kappa shape index (κ1) is 15.9. The van der Waals surface area contributed by atoms with E-state index in [0.717, 1.165) is 42.3 Å². The number of nitrogens with one attached hydrogen (secondary N) is 1. The summed E-state index contributed by atoms with van der Waals surface area (Å²) >= 11 is 0. The van der Waals surface area contributed by atoms with Crippen LogP contribution in [0.3, 0.4) is 0 Å². The molecule has 1 aliphatic heterocycles. The molecule has 2 heterocycles. The lowest BCUT2D eigenvalue weighted by molar-refractivity contribution is -0.123. The van der Waals surface area contributed by atoms with Crippen LogP contribution in [-0.4, -0.2) is 16.5 Å². The average Bonchev–Trinajstić information content (AvgIpc) is 2.92. The number of nitrogens with zero attached hydrogens (tertiary/aromatic N) is 1. The summed E-state index contributed by atoms with van der Waals surface area (Å²) in [4.78, 5) is 11.7. The average molecular weight is 336 g/mol. The van der Waals surface area contributed by atoms with Crippen LogP contribution in [0, 0.1) is 5.82 Å². The van der Waals surface area contributed by atoms with Crippen LogP contribution < -0.4 is 5.32 Å². The van der Waals surface area contributed by atoms with Crippen molar-refractivity contribution in [2.75, 3.05) is 0 Å². The summed E-state index contributed by atoms with van der Waals surface area (Å²) < 4.78 is 16.0. The van der Waals surface area contributed by atoms with Crippen molar-refractivity contribution in [3.63, 3.8) is 0 Å². The number of carbonyl (C=O) groups excluding carboxylic acids is 1. The van der Waals surface area contributed by atoms with Crippen molar-refractivity contribution in [3.05, 3.63) is 71.7 Å². The maximum absolute atomic E-state index is 13.8. The number of fused-ring (bicyclic) bond motifs is 1. The van der Waals surface area contributed by atoms with E-state index in [4.69, 9.17) is 0 Å². The molecule has 25 heavy (non-hydrogen) atoms. The molecule has 1 atom stereocenters. The Labute approximate surface area is 146 Å². The number of carbonyl (C=O) groups is 1. The summed E-state index contributed by atoms with van der Waals surface area (Å²) in [6, 6.07) is 15.3. The van der Waals surface area contributed by atoms with E-state index in [-0.39, 0.29) is 17.8 Å². The number of benzene rings is 2. The van der Waals surface area contributed by atoms with Gasteiger partial charge >= 0.3 is 0 Å². The van der Waals surface area contributed by atoms with Gasteiger partial charge in [0.2, 0.25) is 5.91 Å². The molecule has 0 bridgehead atoms. The van der Waals surface area contributed by atoms with E-state index in [1.54, 1.807) is 6.07 Å². The smallest absolute Gasteiger partial charge is 0.220 e. The molecule has 1 amide bonds. The van der Waals surface area contributed by atoms with E-state index in [0.29, 0.717) is 6.42 Å². The van der Waals surface area contributed by atoms with E-state index < -0.39 is 0 Å². The molecular formula is C21H21FN2O. The summed E-state index contributed by atoms with van der Waals surface area (Å²) in [5, 5.41) is 4.00. The SMILES string of the molecule is O=C1CCCC(Cc2cn(Cc3ccccc3)c3ccc(F)cc23)N1. The van der Waals surface area contributed by atoms with E-state index in [1.165, 1.54) is 11.6 Å². The molecule has 1 aromatic heterocycles. The van der Waals surface area contributed by atoms with Gasteiger partial charge in [-0.1, -0.05) is 30.3 Å². The maximum Gasteiger partial charge on any atom is 0.220 e. The molecule has 0 aliphatic carbocycles. The monoisotopic (exact) mass is 336 g/mol. The third-order valence-corrected chi connectivity index (χ3v) is 4.91. The first-order valence-corrected chi connectivity index (χ1v) is 8.79. The first-order valence-electron chi connectivity index (χ1n) is 8.79. The third-order valence-electron chi connectivity index (χ3n) is 4.91. The molecule has 1 aliphatic rings. The Balaban J connectivity index is 1.68. The molecule has 1 N–H and O–H groups in total. The summed E-state index contributed by atoms with van der Waals surface area (Å²) in [5.41, 5.74) is 3.33. The fourth-order valence-corrected chi connectivity index (χ4v) is 3.72. The largest absolute Gasteiger partial charge is 0.353 e. The minimum absolute atomic E-state index is 0.121. The van der Waals surface area contributed by atoms with Crippen LogP contribution in [0.4, 0.5) is 4.39 Å². The fourth-order valence-electron chi connectivity index (χ4n) is 3.72. The highest BCUT2D eigenvalue weighted by molar-refractivity contribution is 5.84. The summed E-state index contributed by atoms with van der Waals surface area (Å²) in [7, 11) is 0. The zero-order chi connectivity index (χ0) is 17.2. The van der Waals surface area contributed by atoms with Crippen molar-refractivity contribution in [2.24, 2.45) is 0 Å². The second kappa shape index (κ2) is 6.71.